The maximum atomic E-state index is 14.5. The van der Waals surface area contributed by atoms with Crippen LogP contribution in [0.4, 0.5) is 4.39 Å². The molecule has 5 nitrogen and oxygen atoms in total. The summed E-state index contributed by atoms with van der Waals surface area (Å²) in [6.45, 7) is 4.38. The van der Waals surface area contributed by atoms with E-state index >= 15 is 0 Å². The molecule has 1 aromatic heterocycles. The fourth-order valence-electron chi connectivity index (χ4n) is 3.95. The summed E-state index contributed by atoms with van der Waals surface area (Å²) < 4.78 is 15.6. The van der Waals surface area contributed by atoms with Crippen LogP contribution in [0.25, 0.3) is 0 Å². The Balaban J connectivity index is 2.01. The zero-order valence-corrected chi connectivity index (χ0v) is 17.1. The lowest BCUT2D eigenvalue weighted by molar-refractivity contribution is 0.0438. The second kappa shape index (κ2) is 8.43. The predicted octanol–water partition coefficient (Wildman–Crippen LogP) is 4.04. The Kier molecular flexibility index (Phi) is 6.18. The third kappa shape index (κ3) is 4.12. The Bertz CT molecular complexity index is 910. The Hall–Kier alpha value is -2.21. The topological polar surface area (TPSA) is 55.2 Å². The lowest BCUT2D eigenvalue weighted by Gasteiger charge is -2.41. The Morgan fingerprint density at radius 1 is 1.29 bits per heavy atom. The van der Waals surface area contributed by atoms with Crippen molar-refractivity contribution in [1.82, 2.24) is 14.7 Å². The molecule has 0 aliphatic heterocycles. The lowest BCUT2D eigenvalue weighted by atomic mass is 9.77. The monoisotopic (exact) mass is 405 g/mol. The molecule has 0 unspecified atom stereocenters. The van der Waals surface area contributed by atoms with Gasteiger partial charge in [0.15, 0.2) is 0 Å². The normalized spacial score (nSPS) is 22.1. The number of rotatable bonds is 4. The molecule has 150 valence electrons. The van der Waals surface area contributed by atoms with Gasteiger partial charge in [0.1, 0.15) is 11.5 Å². The van der Waals surface area contributed by atoms with Crippen LogP contribution in [0.5, 0.6) is 0 Å². The van der Waals surface area contributed by atoms with E-state index in [1.807, 2.05) is 0 Å². The number of halogens is 2. The maximum absolute atomic E-state index is 14.5. The fourth-order valence-corrected chi connectivity index (χ4v) is 4.17. The average Bonchev–Trinajstić information content (AvgIpc) is 2.66. The summed E-state index contributed by atoms with van der Waals surface area (Å²) in [5.74, 6) is -0.0369. The highest BCUT2D eigenvalue weighted by Crippen LogP contribution is 2.35. The van der Waals surface area contributed by atoms with Crippen LogP contribution in [-0.2, 0) is 13.6 Å². The van der Waals surface area contributed by atoms with Crippen molar-refractivity contribution in [3.63, 3.8) is 0 Å². The van der Waals surface area contributed by atoms with E-state index in [4.69, 9.17) is 11.6 Å². The molecule has 0 saturated heterocycles. The molecule has 1 saturated carbocycles. The van der Waals surface area contributed by atoms with Gasteiger partial charge in [0.25, 0.3) is 11.5 Å². The van der Waals surface area contributed by atoms with E-state index < -0.39 is 5.82 Å². The SMILES string of the molecule is C[C@@H]1[C@H](C)CCC[C@H]1N(Cc1c(F)cccc1Cl)C(=O)c1ccc(=O)n(C)n1. The largest absolute Gasteiger partial charge is 0.330 e. The molecular formula is C21H25ClFN3O2. The molecule has 1 aromatic carbocycles. The summed E-state index contributed by atoms with van der Waals surface area (Å²) in [6, 6.07) is 7.22. The third-order valence-corrected chi connectivity index (χ3v) is 6.25. The fraction of sp³-hybridized carbons (Fsp3) is 0.476. The van der Waals surface area contributed by atoms with Crippen LogP contribution >= 0.6 is 11.6 Å². The Morgan fingerprint density at radius 2 is 2.04 bits per heavy atom. The van der Waals surface area contributed by atoms with Gasteiger partial charge in [-0.1, -0.05) is 44.4 Å². The van der Waals surface area contributed by atoms with E-state index in [9.17, 15) is 14.0 Å². The van der Waals surface area contributed by atoms with Crippen molar-refractivity contribution in [3.05, 3.63) is 62.8 Å². The molecular weight excluding hydrogens is 381 g/mol. The van der Waals surface area contributed by atoms with Crippen LogP contribution in [-0.4, -0.2) is 26.6 Å². The van der Waals surface area contributed by atoms with Crippen LogP contribution in [0.3, 0.4) is 0 Å². The molecule has 1 heterocycles. The first-order valence-electron chi connectivity index (χ1n) is 9.57. The van der Waals surface area contributed by atoms with Gasteiger partial charge in [-0.05, 0) is 36.5 Å². The van der Waals surface area contributed by atoms with E-state index in [-0.39, 0.29) is 35.7 Å². The van der Waals surface area contributed by atoms with E-state index in [2.05, 4.69) is 18.9 Å². The van der Waals surface area contributed by atoms with Crippen molar-refractivity contribution < 1.29 is 9.18 Å². The number of aromatic nitrogens is 2. The molecule has 1 fully saturated rings. The summed E-state index contributed by atoms with van der Waals surface area (Å²) in [5, 5.41) is 4.40. The zero-order chi connectivity index (χ0) is 20.4. The van der Waals surface area contributed by atoms with Gasteiger partial charge < -0.3 is 4.90 Å². The van der Waals surface area contributed by atoms with Gasteiger partial charge in [-0.15, -0.1) is 0 Å². The van der Waals surface area contributed by atoms with E-state index in [0.29, 0.717) is 16.5 Å². The Morgan fingerprint density at radius 3 is 2.71 bits per heavy atom. The zero-order valence-electron chi connectivity index (χ0n) is 16.4. The summed E-state index contributed by atoms with van der Waals surface area (Å²) in [4.78, 5) is 26.7. The highest BCUT2D eigenvalue weighted by Gasteiger charge is 2.35. The third-order valence-electron chi connectivity index (χ3n) is 5.89. The predicted molar refractivity (Wildman–Crippen MR) is 107 cm³/mol. The molecule has 1 amide bonds. The molecule has 7 heteroatoms. The van der Waals surface area contributed by atoms with Gasteiger partial charge in [-0.3, -0.25) is 9.59 Å². The smallest absolute Gasteiger partial charge is 0.274 e. The van der Waals surface area contributed by atoms with Gasteiger partial charge >= 0.3 is 0 Å². The van der Waals surface area contributed by atoms with Crippen LogP contribution < -0.4 is 5.56 Å². The molecule has 0 N–H and O–H groups in total. The number of benzene rings is 1. The lowest BCUT2D eigenvalue weighted by Crippen LogP contribution is -2.47. The van der Waals surface area contributed by atoms with Crippen molar-refractivity contribution in [2.75, 3.05) is 0 Å². The van der Waals surface area contributed by atoms with Gasteiger partial charge in [0.05, 0.1) is 6.54 Å². The summed E-state index contributed by atoms with van der Waals surface area (Å²) in [5.41, 5.74) is 0.174. The molecule has 0 spiro atoms. The Labute approximate surface area is 169 Å². The van der Waals surface area contributed by atoms with Gasteiger partial charge in [0.2, 0.25) is 0 Å². The van der Waals surface area contributed by atoms with Gasteiger partial charge in [-0.2, -0.15) is 5.10 Å². The van der Waals surface area contributed by atoms with Crippen LogP contribution in [0.15, 0.2) is 35.1 Å². The summed E-state index contributed by atoms with van der Waals surface area (Å²) in [7, 11) is 1.50. The van der Waals surface area contributed by atoms with Crippen molar-refractivity contribution in [2.24, 2.45) is 18.9 Å². The van der Waals surface area contributed by atoms with E-state index in [0.717, 1.165) is 23.9 Å². The number of amides is 1. The first-order chi connectivity index (χ1) is 13.3. The molecule has 0 bridgehead atoms. The summed E-state index contributed by atoms with van der Waals surface area (Å²) >= 11 is 6.24. The number of carbonyl (C=O) groups is 1. The van der Waals surface area contributed by atoms with Crippen molar-refractivity contribution in [3.8, 4) is 0 Å². The van der Waals surface area contributed by atoms with Crippen LogP contribution in [0.1, 0.15) is 49.2 Å². The molecule has 28 heavy (non-hydrogen) atoms. The van der Waals surface area contributed by atoms with E-state index in [1.165, 1.54) is 25.2 Å². The van der Waals surface area contributed by atoms with Crippen LogP contribution in [0.2, 0.25) is 5.02 Å². The standard InChI is InChI=1S/C21H25ClFN3O2/c1-13-6-4-9-19(14(13)2)26(12-15-16(22)7-5-8-17(15)23)21(28)18-10-11-20(27)25(3)24-18/h5,7-8,10-11,13-14,19H,4,6,9,12H2,1-3H3/t13-,14-,19-/m1/s1. The highest BCUT2D eigenvalue weighted by atomic mass is 35.5. The van der Waals surface area contributed by atoms with E-state index in [1.54, 1.807) is 17.0 Å². The van der Waals surface area contributed by atoms with Crippen LogP contribution in [0, 0.1) is 17.7 Å². The molecule has 0 radical (unpaired) electrons. The minimum absolute atomic E-state index is 0.0500. The number of hydrogen-bond donors (Lipinski definition) is 0. The number of hydrogen-bond acceptors (Lipinski definition) is 3. The van der Waals surface area contributed by atoms with Crippen molar-refractivity contribution in [2.45, 2.75) is 45.7 Å². The molecule has 1 aliphatic rings. The minimum atomic E-state index is -0.435. The number of nitrogens with zero attached hydrogens (tertiary/aromatic N) is 3. The number of carbonyl (C=O) groups excluding carboxylic acids is 1. The highest BCUT2D eigenvalue weighted by molar-refractivity contribution is 6.31. The average molecular weight is 406 g/mol. The van der Waals surface area contributed by atoms with Crippen molar-refractivity contribution in [1.29, 1.82) is 0 Å². The van der Waals surface area contributed by atoms with Gasteiger partial charge in [-0.25, -0.2) is 9.07 Å². The second-order valence-electron chi connectivity index (χ2n) is 7.65. The quantitative estimate of drug-likeness (QED) is 0.771. The second-order valence-corrected chi connectivity index (χ2v) is 8.06. The first-order valence-corrected chi connectivity index (χ1v) is 9.95. The molecule has 3 rings (SSSR count). The summed E-state index contributed by atoms with van der Waals surface area (Å²) in [6.07, 6.45) is 2.96. The van der Waals surface area contributed by atoms with Crippen molar-refractivity contribution >= 4 is 17.5 Å². The first kappa shape index (κ1) is 20.5. The maximum Gasteiger partial charge on any atom is 0.274 e. The number of aryl methyl sites for hydroxylation is 1. The molecule has 2 aromatic rings. The van der Waals surface area contributed by atoms with Gasteiger partial charge in [0, 0.05) is 29.7 Å². The molecule has 1 aliphatic carbocycles. The molecule has 3 atom stereocenters. The minimum Gasteiger partial charge on any atom is -0.330 e.